The zero-order valence-corrected chi connectivity index (χ0v) is 25.9. The zero-order valence-electron chi connectivity index (χ0n) is 22.8. The molecule has 1 aliphatic rings. The van der Waals surface area contributed by atoms with Crippen molar-refractivity contribution in [3.8, 4) is 11.1 Å². The van der Waals surface area contributed by atoms with Crippen molar-refractivity contribution < 1.29 is 8.78 Å². The van der Waals surface area contributed by atoms with E-state index in [1.165, 1.54) is 0 Å². The fourth-order valence-electron chi connectivity index (χ4n) is 6.16. The van der Waals surface area contributed by atoms with Crippen molar-refractivity contribution in [1.82, 2.24) is 0 Å². The minimum atomic E-state index is -2.87. The molecule has 0 bridgehead atoms. The molecular weight excluding hydrogens is 632 g/mol. The smallest absolute Gasteiger partial charge is 0.266 e. The van der Waals surface area contributed by atoms with E-state index >= 15 is 8.78 Å². The Balaban J connectivity index is 1.59. The molecule has 0 aromatic heterocycles. The van der Waals surface area contributed by atoms with Crippen molar-refractivity contribution in [2.75, 3.05) is 4.90 Å². The van der Waals surface area contributed by atoms with Crippen LogP contribution in [0.1, 0.15) is 38.8 Å². The fourth-order valence-corrected chi connectivity index (χ4v) is 6.68. The number of hydrogen-bond donors (Lipinski definition) is 0. The summed E-state index contributed by atoms with van der Waals surface area (Å²) < 4.78 is 33.3. The molecule has 0 heterocycles. The van der Waals surface area contributed by atoms with Gasteiger partial charge >= 0.3 is 0 Å². The van der Waals surface area contributed by atoms with E-state index in [9.17, 15) is 0 Å². The van der Waals surface area contributed by atoms with Gasteiger partial charge in [0.1, 0.15) is 0 Å². The van der Waals surface area contributed by atoms with E-state index in [1.54, 1.807) is 27.7 Å². The van der Waals surface area contributed by atoms with Crippen molar-refractivity contribution >= 4 is 59.7 Å². The summed E-state index contributed by atoms with van der Waals surface area (Å²) in [6.07, 6.45) is 0. The van der Waals surface area contributed by atoms with Gasteiger partial charge in [-0.1, -0.05) is 74.3 Å². The Kier molecular flexibility index (Phi) is 6.47. The van der Waals surface area contributed by atoms with Gasteiger partial charge in [-0.2, -0.15) is 0 Å². The fraction of sp³-hybridized carbons (Fsp3) is 0.200. The van der Waals surface area contributed by atoms with Crippen LogP contribution in [0.3, 0.4) is 0 Å². The first-order valence-electron chi connectivity index (χ1n) is 13.3. The highest BCUT2D eigenvalue weighted by Gasteiger charge is 2.65. The Hall–Kier alpha value is -3.02. The summed E-state index contributed by atoms with van der Waals surface area (Å²) in [6, 6.07) is 35.1. The number of alkyl halides is 2. The van der Waals surface area contributed by atoms with Crippen LogP contribution < -0.4 is 4.90 Å². The molecule has 0 saturated heterocycles. The highest BCUT2D eigenvalue weighted by atomic mass is 79.9. The number of nitrogens with zero attached hydrogens (tertiary/aromatic N) is 1. The number of anilines is 3. The molecule has 0 fully saturated rings. The summed E-state index contributed by atoms with van der Waals surface area (Å²) in [5.74, 6) is -2.87. The Morgan fingerprint density at radius 2 is 1.12 bits per heavy atom. The summed E-state index contributed by atoms with van der Waals surface area (Å²) in [7, 11) is 0. The van der Waals surface area contributed by atoms with E-state index in [2.05, 4.69) is 91.4 Å². The first-order chi connectivity index (χ1) is 18.9. The largest absolute Gasteiger partial charge is 0.310 e. The maximum absolute atomic E-state index is 15.6. The van der Waals surface area contributed by atoms with Crippen LogP contribution in [0.15, 0.2) is 112 Å². The lowest BCUT2D eigenvalue weighted by atomic mass is 9.77. The van der Waals surface area contributed by atoms with Crippen LogP contribution in [0, 0.1) is 0 Å². The minimum absolute atomic E-state index is 0.715. The average Bonchev–Trinajstić information content (AvgIpc) is 3.04. The summed E-state index contributed by atoms with van der Waals surface area (Å²) in [6.45, 7) is 6.64. The van der Waals surface area contributed by atoms with Gasteiger partial charge in [0.25, 0.3) is 5.92 Å². The van der Waals surface area contributed by atoms with E-state index < -0.39 is 16.8 Å². The van der Waals surface area contributed by atoms with Crippen molar-refractivity contribution in [2.24, 2.45) is 0 Å². The first kappa shape index (κ1) is 27.2. The predicted molar refractivity (Wildman–Crippen MR) is 170 cm³/mol. The lowest BCUT2D eigenvalue weighted by molar-refractivity contribution is -0.105. The molecule has 1 nitrogen and oxygen atoms in total. The van der Waals surface area contributed by atoms with E-state index in [0.717, 1.165) is 53.5 Å². The number of benzene rings is 5. The van der Waals surface area contributed by atoms with Gasteiger partial charge in [-0.3, -0.25) is 0 Å². The third-order valence-corrected chi connectivity index (χ3v) is 9.58. The van der Waals surface area contributed by atoms with Crippen LogP contribution in [-0.4, -0.2) is 5.92 Å². The van der Waals surface area contributed by atoms with Gasteiger partial charge in [-0.25, -0.2) is 8.78 Å². The molecule has 5 heteroatoms. The summed E-state index contributed by atoms with van der Waals surface area (Å²) >= 11 is 7.14. The van der Waals surface area contributed by atoms with Crippen molar-refractivity contribution in [2.45, 2.75) is 44.4 Å². The Morgan fingerprint density at radius 1 is 0.575 bits per heavy atom. The summed E-state index contributed by atoms with van der Waals surface area (Å²) in [5, 5.41) is 2.19. The highest BCUT2D eigenvalue weighted by Crippen LogP contribution is 2.60. The second-order valence-corrected chi connectivity index (χ2v) is 13.4. The van der Waals surface area contributed by atoms with Crippen LogP contribution in [0.5, 0.6) is 0 Å². The third-order valence-electron chi connectivity index (χ3n) is 8.52. The van der Waals surface area contributed by atoms with Crippen LogP contribution in [0.4, 0.5) is 25.8 Å². The molecule has 0 aliphatic heterocycles. The molecule has 0 N–H and O–H groups in total. The zero-order chi connectivity index (χ0) is 28.4. The Labute approximate surface area is 251 Å². The van der Waals surface area contributed by atoms with Gasteiger partial charge in [0, 0.05) is 25.7 Å². The third kappa shape index (κ3) is 4.12. The van der Waals surface area contributed by atoms with E-state index in [0.29, 0.717) is 5.56 Å². The molecule has 6 rings (SSSR count). The van der Waals surface area contributed by atoms with Crippen molar-refractivity contribution in [3.63, 3.8) is 0 Å². The van der Waals surface area contributed by atoms with Gasteiger partial charge in [0.15, 0.2) is 0 Å². The molecule has 202 valence electrons. The second kappa shape index (κ2) is 9.53. The maximum atomic E-state index is 15.6. The first-order valence-corrected chi connectivity index (χ1v) is 14.9. The molecule has 0 saturated carbocycles. The molecule has 0 radical (unpaired) electrons. The quantitative estimate of drug-likeness (QED) is 0.185. The molecule has 0 amide bonds. The summed E-state index contributed by atoms with van der Waals surface area (Å²) in [5.41, 5.74) is 3.89. The molecule has 5 aromatic rings. The highest BCUT2D eigenvalue weighted by molar-refractivity contribution is 9.10. The van der Waals surface area contributed by atoms with E-state index in [1.807, 2.05) is 48.5 Å². The molecule has 0 atom stereocenters. The van der Waals surface area contributed by atoms with Crippen LogP contribution in [-0.2, 0) is 10.8 Å². The molecule has 0 unspecified atom stereocenters. The summed E-state index contributed by atoms with van der Waals surface area (Å²) in [4.78, 5) is 2.25. The second-order valence-electron chi connectivity index (χ2n) is 11.6. The van der Waals surface area contributed by atoms with Gasteiger partial charge in [-0.15, -0.1) is 0 Å². The molecule has 1 aliphatic carbocycles. The van der Waals surface area contributed by atoms with Crippen LogP contribution >= 0.6 is 31.9 Å². The van der Waals surface area contributed by atoms with Gasteiger partial charge < -0.3 is 4.90 Å². The molecule has 40 heavy (non-hydrogen) atoms. The normalized spacial score (nSPS) is 16.6. The standard InChI is InChI=1S/C35H29Br2F2N/c1-33(2)30-18-9-22(20-31(30)34(3,4)35(33,38)39)24-19-23-7-5-6-8-29(23)32(21-24)40(27-14-10-25(36)11-15-27)28-16-12-26(37)13-17-28/h5-21H,1-4H3. The maximum Gasteiger partial charge on any atom is 0.266 e. The lowest BCUT2D eigenvalue weighted by Crippen LogP contribution is -2.46. The monoisotopic (exact) mass is 659 g/mol. The molecular formula is C35H29Br2F2N. The number of hydrogen-bond acceptors (Lipinski definition) is 1. The molecule has 0 spiro atoms. The van der Waals surface area contributed by atoms with E-state index in [-0.39, 0.29) is 0 Å². The molecule has 5 aromatic carbocycles. The lowest BCUT2D eigenvalue weighted by Gasteiger charge is -2.35. The van der Waals surface area contributed by atoms with Crippen LogP contribution in [0.2, 0.25) is 0 Å². The van der Waals surface area contributed by atoms with E-state index in [4.69, 9.17) is 0 Å². The van der Waals surface area contributed by atoms with Crippen molar-refractivity contribution in [1.29, 1.82) is 0 Å². The minimum Gasteiger partial charge on any atom is -0.310 e. The number of halogens is 4. The van der Waals surface area contributed by atoms with Crippen molar-refractivity contribution in [3.05, 3.63) is 123 Å². The Morgan fingerprint density at radius 3 is 1.73 bits per heavy atom. The van der Waals surface area contributed by atoms with Gasteiger partial charge in [0.2, 0.25) is 0 Å². The topological polar surface area (TPSA) is 3.24 Å². The Bertz CT molecular complexity index is 1690. The van der Waals surface area contributed by atoms with Gasteiger partial charge in [-0.05, 0) is 116 Å². The average molecular weight is 661 g/mol. The predicted octanol–water partition coefficient (Wildman–Crippen LogP) is 11.7. The van der Waals surface area contributed by atoms with Crippen LogP contribution in [0.25, 0.3) is 21.9 Å². The number of fused-ring (bicyclic) bond motifs is 2. The SMILES string of the molecule is CC1(C)c2ccc(-c3cc(N(c4ccc(Br)cc4)c4ccc(Br)cc4)c4ccccc4c3)cc2C(C)(C)C1(F)F. The van der Waals surface area contributed by atoms with Gasteiger partial charge in [0.05, 0.1) is 16.5 Å². The number of rotatable bonds is 4.